The third kappa shape index (κ3) is 9.76. The highest BCUT2D eigenvalue weighted by atomic mass is 32.2. The standard InChI is InChI=1S/C39H40N2O6S/c1-39(2,3)23-22-28-8-13-29(14-9-28)34(21-12-27-10-15-31(16-11-27)37(42)40-24-25-48(44,45)46)38(43)41-33-19-17-30(18-20-33)36-26-32-6-4-5-7-35(32)47-36/h4-11,13-20,22-23,26,34H,12,21,24-25H2,1-3H3,(H,40,42)(H,41,43)(H,44,45,46)/b23-22+/t34-/m0/s1. The van der Waals surface area contributed by atoms with Crippen LogP contribution in [0.25, 0.3) is 28.4 Å². The molecule has 2 amide bonds. The third-order valence-corrected chi connectivity index (χ3v) is 8.60. The van der Waals surface area contributed by atoms with Crippen molar-refractivity contribution in [3.8, 4) is 11.3 Å². The molecule has 0 aliphatic carbocycles. The largest absolute Gasteiger partial charge is 0.456 e. The van der Waals surface area contributed by atoms with Gasteiger partial charge in [0.2, 0.25) is 5.91 Å². The molecule has 5 rings (SSSR count). The number of aryl methyl sites for hydroxylation is 1. The summed E-state index contributed by atoms with van der Waals surface area (Å²) in [5.41, 5.74) is 5.73. The molecule has 48 heavy (non-hydrogen) atoms. The molecule has 0 saturated carbocycles. The van der Waals surface area contributed by atoms with Crippen molar-refractivity contribution >= 4 is 44.7 Å². The van der Waals surface area contributed by atoms with Crippen LogP contribution in [0.5, 0.6) is 0 Å². The van der Waals surface area contributed by atoms with E-state index in [1.54, 1.807) is 12.1 Å². The Labute approximate surface area is 281 Å². The topological polar surface area (TPSA) is 126 Å². The quantitative estimate of drug-likeness (QED) is 0.116. The van der Waals surface area contributed by atoms with Crippen molar-refractivity contribution in [1.82, 2.24) is 5.32 Å². The summed E-state index contributed by atoms with van der Waals surface area (Å²) >= 11 is 0. The van der Waals surface area contributed by atoms with Crippen LogP contribution in [0.2, 0.25) is 0 Å². The fourth-order valence-electron chi connectivity index (χ4n) is 5.24. The Morgan fingerprint density at radius 2 is 1.58 bits per heavy atom. The Kier molecular flexibility index (Phi) is 10.6. The van der Waals surface area contributed by atoms with Crippen molar-refractivity contribution in [2.45, 2.75) is 39.5 Å². The van der Waals surface area contributed by atoms with Crippen molar-refractivity contribution in [3.05, 3.63) is 131 Å². The number of hydrogen-bond acceptors (Lipinski definition) is 5. The van der Waals surface area contributed by atoms with Crippen LogP contribution in [0.4, 0.5) is 5.69 Å². The van der Waals surface area contributed by atoms with Gasteiger partial charge >= 0.3 is 0 Å². The summed E-state index contributed by atoms with van der Waals surface area (Å²) in [6.07, 6.45) is 5.35. The number of furan rings is 1. The van der Waals surface area contributed by atoms with Gasteiger partial charge in [-0.25, -0.2) is 0 Å². The van der Waals surface area contributed by atoms with Crippen LogP contribution in [-0.2, 0) is 21.3 Å². The number of carbonyl (C=O) groups is 2. The molecular formula is C39H40N2O6S. The van der Waals surface area contributed by atoms with Crippen LogP contribution in [0.1, 0.15) is 60.2 Å². The van der Waals surface area contributed by atoms with E-state index < -0.39 is 27.7 Å². The zero-order valence-corrected chi connectivity index (χ0v) is 28.1. The molecule has 0 saturated heterocycles. The highest BCUT2D eigenvalue weighted by molar-refractivity contribution is 7.85. The first-order valence-corrected chi connectivity index (χ1v) is 17.5. The Morgan fingerprint density at radius 1 is 0.896 bits per heavy atom. The number of carbonyl (C=O) groups excluding carboxylic acids is 2. The molecule has 1 aromatic heterocycles. The van der Waals surface area contributed by atoms with Gasteiger partial charge < -0.3 is 15.1 Å². The third-order valence-electron chi connectivity index (χ3n) is 7.88. The summed E-state index contributed by atoms with van der Waals surface area (Å²) in [5, 5.41) is 6.61. The first-order valence-electron chi connectivity index (χ1n) is 15.8. The number of rotatable bonds is 12. The monoisotopic (exact) mass is 664 g/mol. The highest BCUT2D eigenvalue weighted by Gasteiger charge is 2.21. The van der Waals surface area contributed by atoms with Gasteiger partial charge in [-0.3, -0.25) is 14.1 Å². The maximum Gasteiger partial charge on any atom is 0.266 e. The SMILES string of the molecule is CC(C)(C)/C=C/c1ccc([C@H](CCc2ccc(C(=O)NCCS(=O)(=O)O)cc2)C(=O)Nc2ccc(-c3cc4ccccc4o3)cc2)cc1. The molecule has 0 fully saturated rings. The van der Waals surface area contributed by atoms with Crippen molar-refractivity contribution in [1.29, 1.82) is 0 Å². The Balaban J connectivity index is 1.29. The molecule has 1 atom stereocenters. The predicted octanol–water partition coefficient (Wildman–Crippen LogP) is 8.13. The molecule has 8 nitrogen and oxygen atoms in total. The first kappa shape index (κ1) is 34.3. The average molecular weight is 665 g/mol. The van der Waals surface area contributed by atoms with E-state index in [-0.39, 0.29) is 17.9 Å². The normalized spacial score (nSPS) is 12.7. The summed E-state index contributed by atoms with van der Waals surface area (Å²) in [6.45, 7) is 6.24. The van der Waals surface area contributed by atoms with Gasteiger partial charge in [0.25, 0.3) is 16.0 Å². The second kappa shape index (κ2) is 14.8. The van der Waals surface area contributed by atoms with E-state index >= 15 is 0 Å². The maximum absolute atomic E-state index is 13.8. The number of fused-ring (bicyclic) bond motifs is 1. The summed E-state index contributed by atoms with van der Waals surface area (Å²) in [5.74, 6) is -0.800. The fraction of sp³-hybridized carbons (Fsp3) is 0.231. The van der Waals surface area contributed by atoms with Gasteiger partial charge in [-0.1, -0.05) is 87.5 Å². The second-order valence-electron chi connectivity index (χ2n) is 12.9. The number of hydrogen-bond donors (Lipinski definition) is 3. The van der Waals surface area contributed by atoms with Crippen molar-refractivity contribution in [2.75, 3.05) is 17.6 Å². The van der Waals surface area contributed by atoms with Crippen LogP contribution in [-0.4, -0.2) is 37.1 Å². The van der Waals surface area contributed by atoms with Gasteiger partial charge in [-0.05, 0) is 83.5 Å². The molecule has 0 bridgehead atoms. The lowest BCUT2D eigenvalue weighted by atomic mass is 9.90. The summed E-state index contributed by atoms with van der Waals surface area (Å²) in [6, 6.07) is 32.5. The molecule has 0 radical (unpaired) electrons. The summed E-state index contributed by atoms with van der Waals surface area (Å²) in [7, 11) is -4.16. The molecule has 0 unspecified atom stereocenters. The highest BCUT2D eigenvalue weighted by Crippen LogP contribution is 2.30. The maximum atomic E-state index is 13.8. The molecule has 248 valence electrons. The molecule has 1 heterocycles. The molecular weight excluding hydrogens is 625 g/mol. The van der Waals surface area contributed by atoms with Crippen LogP contribution in [0.3, 0.4) is 0 Å². The van der Waals surface area contributed by atoms with E-state index in [1.165, 1.54) is 0 Å². The lowest BCUT2D eigenvalue weighted by Crippen LogP contribution is -2.28. The van der Waals surface area contributed by atoms with Crippen molar-refractivity contribution in [3.63, 3.8) is 0 Å². The number of para-hydroxylation sites is 1. The summed E-state index contributed by atoms with van der Waals surface area (Å²) < 4.78 is 36.7. The molecule has 0 aliphatic rings. The van der Waals surface area contributed by atoms with Crippen LogP contribution >= 0.6 is 0 Å². The van der Waals surface area contributed by atoms with E-state index in [2.05, 4.69) is 43.6 Å². The van der Waals surface area contributed by atoms with Crippen LogP contribution in [0, 0.1) is 5.41 Å². The smallest absolute Gasteiger partial charge is 0.266 e. The number of amides is 2. The van der Waals surface area contributed by atoms with Crippen LogP contribution < -0.4 is 10.6 Å². The Morgan fingerprint density at radius 3 is 2.23 bits per heavy atom. The minimum atomic E-state index is -4.16. The van der Waals surface area contributed by atoms with Crippen molar-refractivity contribution < 1.29 is 27.0 Å². The van der Waals surface area contributed by atoms with E-state index in [1.807, 2.05) is 91.0 Å². The van der Waals surface area contributed by atoms with E-state index in [9.17, 15) is 18.0 Å². The number of allylic oxidation sites excluding steroid dienone is 1. The van der Waals surface area contributed by atoms with E-state index in [0.717, 1.165) is 39.0 Å². The van der Waals surface area contributed by atoms with Gasteiger partial charge in [-0.2, -0.15) is 8.42 Å². The van der Waals surface area contributed by atoms with Crippen LogP contribution in [0.15, 0.2) is 114 Å². The molecule has 0 aliphatic heterocycles. The molecule has 4 aromatic carbocycles. The second-order valence-corrected chi connectivity index (χ2v) is 14.5. The van der Waals surface area contributed by atoms with Gasteiger partial charge in [0, 0.05) is 28.7 Å². The van der Waals surface area contributed by atoms with E-state index in [0.29, 0.717) is 24.1 Å². The number of anilines is 1. The lowest BCUT2D eigenvalue weighted by molar-refractivity contribution is -0.117. The van der Waals surface area contributed by atoms with Gasteiger partial charge in [0.1, 0.15) is 11.3 Å². The predicted molar refractivity (Wildman–Crippen MR) is 191 cm³/mol. The minimum absolute atomic E-state index is 0.0529. The Hall–Kier alpha value is -4.99. The molecule has 0 spiro atoms. The molecule has 9 heteroatoms. The van der Waals surface area contributed by atoms with Gasteiger partial charge in [0.15, 0.2) is 0 Å². The zero-order chi connectivity index (χ0) is 34.3. The first-order chi connectivity index (χ1) is 22.8. The molecule has 5 aromatic rings. The zero-order valence-electron chi connectivity index (χ0n) is 27.3. The van der Waals surface area contributed by atoms with Crippen molar-refractivity contribution in [2.24, 2.45) is 5.41 Å². The fourth-order valence-corrected chi connectivity index (χ4v) is 5.60. The average Bonchev–Trinajstić information content (AvgIpc) is 3.49. The molecule has 3 N–H and O–H groups in total. The Bertz CT molecular complexity index is 1970. The number of benzene rings is 4. The summed E-state index contributed by atoms with van der Waals surface area (Å²) in [4.78, 5) is 26.2. The van der Waals surface area contributed by atoms with Gasteiger partial charge in [-0.15, -0.1) is 0 Å². The lowest BCUT2D eigenvalue weighted by Gasteiger charge is -2.18. The van der Waals surface area contributed by atoms with Gasteiger partial charge in [0.05, 0.1) is 11.7 Å². The van der Waals surface area contributed by atoms with E-state index in [4.69, 9.17) is 8.97 Å². The number of nitrogens with one attached hydrogen (secondary N) is 2. The minimum Gasteiger partial charge on any atom is -0.456 e.